The zero-order valence-corrected chi connectivity index (χ0v) is 25.3. The standard InChI is InChI=1S/C35H34N4O2S/c1-22-9-10-23(2)32(20-22)38-24(3)21-30(25(38)4)34-33(31-8-6-7-19-36-31)37-35(42)39(34)26-11-13-28(14-12-26)41-29-17-15-27(40-5)16-18-29/h6-21,33-34H,1-5H3,(H,37,42). The fourth-order valence-corrected chi connectivity index (χ4v) is 6.17. The van der Waals surface area contributed by atoms with Crippen molar-refractivity contribution in [1.29, 1.82) is 0 Å². The molecule has 0 saturated carbocycles. The number of methoxy groups -OCH3 is 1. The molecule has 212 valence electrons. The van der Waals surface area contributed by atoms with E-state index in [2.05, 4.69) is 84.9 Å². The number of nitrogens with zero attached hydrogens (tertiary/aromatic N) is 3. The second-order valence-corrected chi connectivity index (χ2v) is 11.1. The van der Waals surface area contributed by atoms with E-state index in [4.69, 9.17) is 26.7 Å². The number of aryl methyl sites for hydroxylation is 3. The van der Waals surface area contributed by atoms with Crippen LogP contribution in [0.25, 0.3) is 5.69 Å². The van der Waals surface area contributed by atoms with Crippen LogP contribution in [0.2, 0.25) is 0 Å². The minimum absolute atomic E-state index is 0.106. The molecule has 0 radical (unpaired) electrons. The first-order valence-corrected chi connectivity index (χ1v) is 14.4. The van der Waals surface area contributed by atoms with Crippen molar-refractivity contribution >= 4 is 23.0 Å². The fourth-order valence-electron chi connectivity index (χ4n) is 5.82. The number of aromatic nitrogens is 2. The molecule has 2 unspecified atom stereocenters. The van der Waals surface area contributed by atoms with Crippen LogP contribution in [0, 0.1) is 27.7 Å². The van der Waals surface area contributed by atoms with Crippen LogP contribution in [0.3, 0.4) is 0 Å². The van der Waals surface area contributed by atoms with Gasteiger partial charge >= 0.3 is 0 Å². The van der Waals surface area contributed by atoms with Gasteiger partial charge in [-0.15, -0.1) is 0 Å². The van der Waals surface area contributed by atoms with Crippen LogP contribution in [0.1, 0.15) is 45.9 Å². The summed E-state index contributed by atoms with van der Waals surface area (Å²) in [5.41, 5.74) is 9.16. The molecule has 3 aromatic carbocycles. The summed E-state index contributed by atoms with van der Waals surface area (Å²) in [6.07, 6.45) is 1.84. The Kier molecular flexibility index (Phi) is 7.43. The molecule has 0 aliphatic carbocycles. The first-order chi connectivity index (χ1) is 20.3. The quantitative estimate of drug-likeness (QED) is 0.198. The van der Waals surface area contributed by atoms with E-state index >= 15 is 0 Å². The van der Waals surface area contributed by atoms with Crippen molar-refractivity contribution < 1.29 is 9.47 Å². The third kappa shape index (κ3) is 5.12. The molecule has 2 aromatic heterocycles. The Bertz CT molecular complexity index is 1730. The summed E-state index contributed by atoms with van der Waals surface area (Å²) in [5, 5.41) is 4.25. The number of pyridine rings is 1. The topological polar surface area (TPSA) is 51.6 Å². The van der Waals surface area contributed by atoms with Crippen molar-refractivity contribution in [1.82, 2.24) is 14.9 Å². The minimum Gasteiger partial charge on any atom is -0.497 e. The van der Waals surface area contributed by atoms with Crippen LogP contribution in [-0.4, -0.2) is 21.8 Å². The Labute approximate surface area is 252 Å². The summed E-state index contributed by atoms with van der Waals surface area (Å²) in [4.78, 5) is 6.94. The number of rotatable bonds is 7. The zero-order chi connectivity index (χ0) is 29.4. The maximum atomic E-state index is 6.10. The van der Waals surface area contributed by atoms with Gasteiger partial charge in [0.1, 0.15) is 17.2 Å². The third-order valence-electron chi connectivity index (χ3n) is 7.90. The lowest BCUT2D eigenvalue weighted by Crippen LogP contribution is -2.29. The van der Waals surface area contributed by atoms with Gasteiger partial charge in [-0.2, -0.15) is 0 Å². The van der Waals surface area contributed by atoms with E-state index in [0.29, 0.717) is 5.11 Å². The number of ether oxygens (including phenoxy) is 2. The molecule has 1 saturated heterocycles. The molecule has 1 aliphatic heterocycles. The molecule has 7 heteroatoms. The van der Waals surface area contributed by atoms with Gasteiger partial charge in [-0.25, -0.2) is 0 Å². The van der Waals surface area contributed by atoms with Gasteiger partial charge in [-0.05, 0) is 129 Å². The van der Waals surface area contributed by atoms with Gasteiger partial charge < -0.3 is 24.3 Å². The number of thiocarbonyl (C=S) groups is 1. The van der Waals surface area contributed by atoms with Crippen molar-refractivity contribution in [2.45, 2.75) is 39.8 Å². The number of benzene rings is 3. The van der Waals surface area contributed by atoms with Gasteiger partial charge in [-0.3, -0.25) is 4.98 Å². The van der Waals surface area contributed by atoms with Gasteiger partial charge in [0.2, 0.25) is 0 Å². The number of nitrogens with one attached hydrogen (secondary N) is 1. The smallest absolute Gasteiger partial charge is 0.174 e. The Balaban J connectivity index is 1.40. The van der Waals surface area contributed by atoms with Crippen molar-refractivity contribution in [3.8, 4) is 22.9 Å². The van der Waals surface area contributed by atoms with Crippen LogP contribution in [-0.2, 0) is 0 Å². The first kappa shape index (κ1) is 27.5. The molecule has 0 amide bonds. The van der Waals surface area contributed by atoms with Gasteiger partial charge in [0.15, 0.2) is 5.11 Å². The predicted molar refractivity (Wildman–Crippen MR) is 172 cm³/mol. The molecule has 6 nitrogen and oxygen atoms in total. The van der Waals surface area contributed by atoms with Gasteiger partial charge in [0.25, 0.3) is 0 Å². The molecule has 3 heterocycles. The number of hydrogen-bond donors (Lipinski definition) is 1. The van der Waals surface area contributed by atoms with E-state index in [9.17, 15) is 0 Å². The lowest BCUT2D eigenvalue weighted by Gasteiger charge is -2.28. The highest BCUT2D eigenvalue weighted by atomic mass is 32.1. The third-order valence-corrected chi connectivity index (χ3v) is 8.22. The Morgan fingerprint density at radius 1 is 0.810 bits per heavy atom. The second kappa shape index (κ2) is 11.3. The second-order valence-electron chi connectivity index (χ2n) is 10.7. The summed E-state index contributed by atoms with van der Waals surface area (Å²) in [5.74, 6) is 2.28. The molecule has 1 N–H and O–H groups in total. The monoisotopic (exact) mass is 574 g/mol. The fraction of sp³-hybridized carbons (Fsp3) is 0.200. The van der Waals surface area contributed by atoms with Crippen LogP contribution in [0.5, 0.6) is 17.2 Å². The molecule has 1 aliphatic rings. The Hall–Kier alpha value is -4.62. The van der Waals surface area contributed by atoms with Crippen LogP contribution in [0.15, 0.2) is 97.2 Å². The largest absolute Gasteiger partial charge is 0.497 e. The molecule has 0 bridgehead atoms. The highest BCUT2D eigenvalue weighted by molar-refractivity contribution is 7.80. The summed E-state index contributed by atoms with van der Waals surface area (Å²) in [6, 6.07) is 30.3. The SMILES string of the molecule is COc1ccc(Oc2ccc(N3C(=S)NC(c4ccccn4)C3c3cc(C)n(-c4cc(C)ccc4C)c3C)cc2)cc1. The summed E-state index contributed by atoms with van der Waals surface area (Å²) in [6.45, 7) is 8.67. The van der Waals surface area contributed by atoms with E-state index in [1.807, 2.05) is 54.7 Å². The Morgan fingerprint density at radius 2 is 1.50 bits per heavy atom. The van der Waals surface area contributed by atoms with E-state index in [0.717, 1.165) is 28.6 Å². The molecular formula is C35H34N4O2S. The molecule has 6 rings (SSSR count). The average Bonchev–Trinajstić information content (AvgIpc) is 3.50. The predicted octanol–water partition coefficient (Wildman–Crippen LogP) is 8.08. The van der Waals surface area contributed by atoms with E-state index < -0.39 is 0 Å². The van der Waals surface area contributed by atoms with Crippen LogP contribution >= 0.6 is 12.2 Å². The number of hydrogen-bond acceptors (Lipinski definition) is 4. The number of anilines is 1. The van der Waals surface area contributed by atoms with Crippen molar-refractivity contribution in [3.05, 3.63) is 131 Å². The van der Waals surface area contributed by atoms with E-state index in [1.54, 1.807) is 7.11 Å². The summed E-state index contributed by atoms with van der Waals surface area (Å²) < 4.78 is 13.7. The zero-order valence-electron chi connectivity index (χ0n) is 24.5. The normalized spacial score (nSPS) is 16.4. The highest BCUT2D eigenvalue weighted by Crippen LogP contribution is 2.44. The van der Waals surface area contributed by atoms with Crippen molar-refractivity contribution in [2.75, 3.05) is 12.0 Å². The van der Waals surface area contributed by atoms with Gasteiger partial charge in [0.05, 0.1) is 24.9 Å². The van der Waals surface area contributed by atoms with E-state index in [1.165, 1.54) is 33.8 Å². The minimum atomic E-state index is -0.124. The van der Waals surface area contributed by atoms with Crippen LogP contribution in [0.4, 0.5) is 5.69 Å². The van der Waals surface area contributed by atoms with Gasteiger partial charge in [0, 0.05) is 29.0 Å². The Morgan fingerprint density at radius 3 is 2.17 bits per heavy atom. The lowest BCUT2D eigenvalue weighted by atomic mass is 9.96. The molecule has 5 aromatic rings. The molecule has 42 heavy (non-hydrogen) atoms. The maximum Gasteiger partial charge on any atom is 0.174 e. The first-order valence-electron chi connectivity index (χ1n) is 14.0. The summed E-state index contributed by atoms with van der Waals surface area (Å²) >= 11 is 5.99. The molecular weight excluding hydrogens is 540 g/mol. The lowest BCUT2D eigenvalue weighted by molar-refractivity contribution is 0.413. The van der Waals surface area contributed by atoms with E-state index in [-0.39, 0.29) is 12.1 Å². The maximum absolute atomic E-state index is 6.10. The molecule has 0 spiro atoms. The summed E-state index contributed by atoms with van der Waals surface area (Å²) in [7, 11) is 1.65. The van der Waals surface area contributed by atoms with Crippen molar-refractivity contribution in [3.63, 3.8) is 0 Å². The molecule has 2 atom stereocenters. The average molecular weight is 575 g/mol. The van der Waals surface area contributed by atoms with Crippen molar-refractivity contribution in [2.24, 2.45) is 0 Å². The van der Waals surface area contributed by atoms with Crippen LogP contribution < -0.4 is 19.7 Å². The highest BCUT2D eigenvalue weighted by Gasteiger charge is 2.42. The molecule has 1 fully saturated rings. The van der Waals surface area contributed by atoms with Gasteiger partial charge in [-0.1, -0.05) is 18.2 Å².